The summed E-state index contributed by atoms with van der Waals surface area (Å²) in [5.74, 6) is 0.882. The van der Waals surface area contributed by atoms with Crippen LogP contribution in [0.15, 0.2) is 46.9 Å². The van der Waals surface area contributed by atoms with Gasteiger partial charge in [-0.3, -0.25) is 0 Å². The van der Waals surface area contributed by atoms with E-state index in [1.807, 2.05) is 12.1 Å². The van der Waals surface area contributed by atoms with Gasteiger partial charge in [-0.25, -0.2) is 0 Å². The van der Waals surface area contributed by atoms with Crippen molar-refractivity contribution in [2.45, 2.75) is 31.2 Å². The Kier molecular flexibility index (Phi) is 4.05. The number of hydrogen-bond acceptors (Lipinski definition) is 2. The molecule has 3 rings (SSSR count). The van der Waals surface area contributed by atoms with Crippen molar-refractivity contribution in [3.8, 4) is 5.75 Å². The Morgan fingerprint density at radius 2 is 1.95 bits per heavy atom. The third kappa shape index (κ3) is 3.14. The number of aryl methyl sites for hydroxylation is 1. The Labute approximate surface area is 134 Å². The molecule has 0 heterocycles. The van der Waals surface area contributed by atoms with Crippen molar-refractivity contribution < 1.29 is 4.74 Å². The molecule has 1 aliphatic carbocycles. The first-order valence-electron chi connectivity index (χ1n) is 7.28. The molecule has 1 aliphatic rings. The van der Waals surface area contributed by atoms with E-state index >= 15 is 0 Å². The molecule has 21 heavy (non-hydrogen) atoms. The van der Waals surface area contributed by atoms with Crippen LogP contribution in [0.2, 0.25) is 0 Å². The molecule has 2 nitrogen and oxygen atoms in total. The summed E-state index contributed by atoms with van der Waals surface area (Å²) in [5.41, 5.74) is 10.6. The number of hydrogen-bond donors (Lipinski definition) is 1. The maximum Gasteiger partial charge on any atom is 0.119 e. The normalized spacial score (nSPS) is 20.9. The number of halogens is 1. The molecule has 0 aromatic heterocycles. The van der Waals surface area contributed by atoms with Crippen molar-refractivity contribution >= 4 is 15.9 Å². The summed E-state index contributed by atoms with van der Waals surface area (Å²) in [4.78, 5) is 0. The molecule has 0 saturated heterocycles. The summed E-state index contributed by atoms with van der Waals surface area (Å²) in [6.07, 6.45) is 3.88. The molecule has 0 amide bonds. The lowest BCUT2D eigenvalue weighted by Crippen LogP contribution is -2.47. The lowest BCUT2D eigenvalue weighted by Gasteiger charge is -2.35. The fraction of sp³-hybridized carbons (Fsp3) is 0.333. The minimum atomic E-state index is -0.177. The summed E-state index contributed by atoms with van der Waals surface area (Å²) in [5, 5.41) is 0. The van der Waals surface area contributed by atoms with Gasteiger partial charge in [0.05, 0.1) is 7.11 Å². The molecule has 0 fully saturated rings. The molecule has 0 radical (unpaired) electrons. The van der Waals surface area contributed by atoms with Gasteiger partial charge in [0.2, 0.25) is 0 Å². The van der Waals surface area contributed by atoms with E-state index in [9.17, 15) is 0 Å². The van der Waals surface area contributed by atoms with Crippen molar-refractivity contribution in [1.82, 2.24) is 0 Å². The van der Waals surface area contributed by atoms with E-state index in [1.165, 1.54) is 16.7 Å². The fourth-order valence-corrected chi connectivity index (χ4v) is 3.56. The van der Waals surface area contributed by atoms with E-state index in [4.69, 9.17) is 10.5 Å². The second-order valence-electron chi connectivity index (χ2n) is 5.94. The number of ether oxygens (including phenoxy) is 1. The molecule has 1 atom stereocenters. The lowest BCUT2D eigenvalue weighted by molar-refractivity contribution is 0.367. The minimum absolute atomic E-state index is 0.177. The van der Waals surface area contributed by atoms with Crippen LogP contribution in [0.1, 0.15) is 23.1 Å². The van der Waals surface area contributed by atoms with Crippen molar-refractivity contribution in [3.63, 3.8) is 0 Å². The fourth-order valence-electron chi connectivity index (χ4n) is 3.17. The van der Waals surface area contributed by atoms with E-state index < -0.39 is 0 Å². The maximum atomic E-state index is 6.70. The van der Waals surface area contributed by atoms with Gasteiger partial charge in [-0.2, -0.15) is 0 Å². The predicted molar refractivity (Wildman–Crippen MR) is 89.8 cm³/mol. The molecule has 0 spiro atoms. The highest BCUT2D eigenvalue weighted by Crippen LogP contribution is 2.32. The number of nitrogens with two attached hydrogens (primary N) is 1. The molecular weight excluding hydrogens is 326 g/mol. The zero-order chi connectivity index (χ0) is 14.9. The van der Waals surface area contributed by atoms with E-state index in [2.05, 4.69) is 46.3 Å². The summed E-state index contributed by atoms with van der Waals surface area (Å²) in [6, 6.07) is 14.7. The van der Waals surface area contributed by atoms with Crippen LogP contribution in [0.3, 0.4) is 0 Å². The van der Waals surface area contributed by atoms with Gasteiger partial charge in [0.15, 0.2) is 0 Å². The van der Waals surface area contributed by atoms with Gasteiger partial charge in [0.1, 0.15) is 5.75 Å². The van der Waals surface area contributed by atoms with E-state index in [1.54, 1.807) is 7.11 Å². The van der Waals surface area contributed by atoms with Gasteiger partial charge in [0, 0.05) is 10.0 Å². The van der Waals surface area contributed by atoms with Gasteiger partial charge in [-0.05, 0) is 60.6 Å². The third-order valence-corrected chi connectivity index (χ3v) is 5.12. The third-order valence-electron chi connectivity index (χ3n) is 4.35. The highest BCUT2D eigenvalue weighted by atomic mass is 79.9. The largest absolute Gasteiger partial charge is 0.497 e. The average molecular weight is 346 g/mol. The van der Waals surface area contributed by atoms with Gasteiger partial charge < -0.3 is 10.5 Å². The Morgan fingerprint density at radius 3 is 2.71 bits per heavy atom. The van der Waals surface area contributed by atoms with E-state index in [0.29, 0.717) is 0 Å². The van der Waals surface area contributed by atoms with Crippen molar-refractivity contribution in [3.05, 3.63) is 63.6 Å². The quantitative estimate of drug-likeness (QED) is 0.915. The Morgan fingerprint density at radius 1 is 1.19 bits per heavy atom. The number of methoxy groups -OCH3 is 1. The van der Waals surface area contributed by atoms with E-state index in [-0.39, 0.29) is 5.54 Å². The molecule has 2 aromatic rings. The predicted octanol–water partition coefficient (Wildman–Crippen LogP) is 3.89. The first-order chi connectivity index (χ1) is 10.1. The second-order valence-corrected chi connectivity index (χ2v) is 6.80. The number of benzene rings is 2. The summed E-state index contributed by atoms with van der Waals surface area (Å²) >= 11 is 3.63. The van der Waals surface area contributed by atoms with Crippen LogP contribution in [0.5, 0.6) is 5.75 Å². The number of rotatable bonds is 3. The molecule has 110 valence electrons. The van der Waals surface area contributed by atoms with Crippen molar-refractivity contribution in [2.24, 2.45) is 5.73 Å². The molecule has 3 heteroatoms. The van der Waals surface area contributed by atoms with Gasteiger partial charge in [-0.15, -0.1) is 0 Å². The molecule has 2 aromatic carbocycles. The van der Waals surface area contributed by atoms with Gasteiger partial charge in [0.25, 0.3) is 0 Å². The van der Waals surface area contributed by atoms with Crippen LogP contribution in [-0.2, 0) is 19.3 Å². The first-order valence-corrected chi connectivity index (χ1v) is 8.07. The molecular formula is C18H20BrNO. The molecule has 0 bridgehead atoms. The van der Waals surface area contributed by atoms with Crippen LogP contribution < -0.4 is 10.5 Å². The summed E-state index contributed by atoms with van der Waals surface area (Å²) < 4.78 is 6.43. The van der Waals surface area contributed by atoms with Crippen LogP contribution in [0.25, 0.3) is 0 Å². The Hall–Kier alpha value is -1.32. The average Bonchev–Trinajstić information content (AvgIpc) is 2.49. The molecule has 2 N–H and O–H groups in total. The SMILES string of the molecule is COc1ccc(Br)c(CC2(N)CCc3ccccc3C2)c1. The number of fused-ring (bicyclic) bond motifs is 1. The molecule has 0 saturated carbocycles. The van der Waals surface area contributed by atoms with Crippen LogP contribution in [-0.4, -0.2) is 12.6 Å². The topological polar surface area (TPSA) is 35.2 Å². The summed E-state index contributed by atoms with van der Waals surface area (Å²) in [6.45, 7) is 0. The highest BCUT2D eigenvalue weighted by Gasteiger charge is 2.31. The highest BCUT2D eigenvalue weighted by molar-refractivity contribution is 9.10. The van der Waals surface area contributed by atoms with Crippen molar-refractivity contribution in [1.29, 1.82) is 0 Å². The van der Waals surface area contributed by atoms with Gasteiger partial charge in [-0.1, -0.05) is 40.2 Å². The Balaban J connectivity index is 1.85. The second kappa shape index (κ2) is 5.82. The molecule has 1 unspecified atom stereocenters. The van der Waals surface area contributed by atoms with Crippen LogP contribution in [0.4, 0.5) is 0 Å². The minimum Gasteiger partial charge on any atom is -0.497 e. The van der Waals surface area contributed by atoms with E-state index in [0.717, 1.165) is 35.9 Å². The first kappa shape index (κ1) is 14.6. The standard InChI is InChI=1S/C18H20BrNO/c1-21-16-6-7-17(19)15(10-16)12-18(20)9-8-13-4-2-3-5-14(13)11-18/h2-7,10H,8-9,11-12,20H2,1H3. The smallest absolute Gasteiger partial charge is 0.119 e. The Bertz CT molecular complexity index is 655. The zero-order valence-corrected chi connectivity index (χ0v) is 13.8. The zero-order valence-electron chi connectivity index (χ0n) is 12.2. The van der Waals surface area contributed by atoms with Gasteiger partial charge >= 0.3 is 0 Å². The molecule has 0 aliphatic heterocycles. The monoisotopic (exact) mass is 345 g/mol. The lowest BCUT2D eigenvalue weighted by atomic mass is 9.75. The van der Waals surface area contributed by atoms with Crippen molar-refractivity contribution in [2.75, 3.05) is 7.11 Å². The van der Waals surface area contributed by atoms with Crippen LogP contribution in [0, 0.1) is 0 Å². The van der Waals surface area contributed by atoms with Crippen LogP contribution >= 0.6 is 15.9 Å². The summed E-state index contributed by atoms with van der Waals surface area (Å²) in [7, 11) is 1.70. The maximum absolute atomic E-state index is 6.70.